The molecule has 2 rings (SSSR count). The zero-order valence-corrected chi connectivity index (χ0v) is 12.3. The lowest BCUT2D eigenvalue weighted by Gasteiger charge is -2.25. The van der Waals surface area contributed by atoms with Crippen LogP contribution in [0.5, 0.6) is 0 Å². The van der Waals surface area contributed by atoms with Crippen molar-refractivity contribution < 1.29 is 14.7 Å². The normalized spacial score (nSPS) is 14.9. The number of rotatable bonds is 6. The summed E-state index contributed by atoms with van der Waals surface area (Å²) in [5, 5.41) is 11.6. The Hall–Kier alpha value is -2.10. The Labute approximate surface area is 124 Å². The summed E-state index contributed by atoms with van der Waals surface area (Å²) in [5.74, 6) is -0.318. The fraction of sp³-hybridized carbons (Fsp3) is 0.412. The summed E-state index contributed by atoms with van der Waals surface area (Å²) in [6.07, 6.45) is 7.53. The summed E-state index contributed by atoms with van der Waals surface area (Å²) in [6.45, 7) is 2.59. The smallest absolute Gasteiger partial charge is 0.328 e. The van der Waals surface area contributed by atoms with E-state index in [1.165, 1.54) is 25.3 Å². The molecule has 112 valence electrons. The minimum absolute atomic E-state index is 0.0979. The van der Waals surface area contributed by atoms with Gasteiger partial charge in [-0.2, -0.15) is 0 Å². The van der Waals surface area contributed by atoms with Gasteiger partial charge < -0.3 is 10.4 Å². The molecule has 2 N–H and O–H groups in total. The number of carbonyl (C=O) groups excluding carboxylic acids is 1. The van der Waals surface area contributed by atoms with Crippen molar-refractivity contribution in [3.05, 3.63) is 41.0 Å². The zero-order chi connectivity index (χ0) is 15.2. The van der Waals surface area contributed by atoms with Gasteiger partial charge in [-0.25, -0.2) is 4.79 Å². The maximum Gasteiger partial charge on any atom is 0.328 e. The van der Waals surface area contributed by atoms with Crippen molar-refractivity contribution in [2.45, 2.75) is 32.6 Å². The lowest BCUT2D eigenvalue weighted by atomic mass is 9.83. The molecule has 0 unspecified atom stereocenters. The fourth-order valence-electron chi connectivity index (χ4n) is 2.40. The van der Waals surface area contributed by atoms with Gasteiger partial charge in [-0.15, -0.1) is 0 Å². The predicted molar refractivity (Wildman–Crippen MR) is 82.1 cm³/mol. The van der Waals surface area contributed by atoms with Crippen LogP contribution in [-0.2, 0) is 4.79 Å². The Bertz CT molecular complexity index is 559. The van der Waals surface area contributed by atoms with Crippen LogP contribution in [0.3, 0.4) is 0 Å². The van der Waals surface area contributed by atoms with Crippen molar-refractivity contribution in [3.63, 3.8) is 0 Å². The molecule has 0 saturated heterocycles. The Morgan fingerprint density at radius 3 is 2.76 bits per heavy atom. The van der Waals surface area contributed by atoms with Crippen LogP contribution in [0.25, 0.3) is 6.08 Å². The van der Waals surface area contributed by atoms with Crippen molar-refractivity contribution in [2.24, 2.45) is 5.92 Å². The van der Waals surface area contributed by atoms with Gasteiger partial charge in [0.25, 0.3) is 5.91 Å². The van der Waals surface area contributed by atoms with Crippen LogP contribution >= 0.6 is 0 Å². The molecule has 1 amide bonds. The molecule has 0 bridgehead atoms. The average Bonchev–Trinajstić information content (AvgIpc) is 2.40. The van der Waals surface area contributed by atoms with E-state index in [9.17, 15) is 9.59 Å². The monoisotopic (exact) mass is 287 g/mol. The van der Waals surface area contributed by atoms with Crippen molar-refractivity contribution >= 4 is 18.0 Å². The van der Waals surface area contributed by atoms with Gasteiger partial charge in [0.05, 0.1) is 0 Å². The fourth-order valence-corrected chi connectivity index (χ4v) is 2.40. The van der Waals surface area contributed by atoms with Crippen molar-refractivity contribution in [2.75, 3.05) is 6.54 Å². The van der Waals surface area contributed by atoms with Gasteiger partial charge in [0.15, 0.2) is 0 Å². The number of amides is 1. The zero-order valence-electron chi connectivity index (χ0n) is 12.3. The minimum atomic E-state index is -0.996. The number of aliphatic carboxylic acids is 1. The van der Waals surface area contributed by atoms with Crippen LogP contribution in [0.15, 0.2) is 24.3 Å². The summed E-state index contributed by atoms with van der Waals surface area (Å²) in [6, 6.07) is 5.34. The maximum absolute atomic E-state index is 12.1. The van der Waals surface area contributed by atoms with Crippen LogP contribution in [0.2, 0.25) is 0 Å². The molecule has 1 fully saturated rings. The molecule has 4 nitrogen and oxygen atoms in total. The average molecular weight is 287 g/mol. The van der Waals surface area contributed by atoms with Gasteiger partial charge in [0.2, 0.25) is 0 Å². The first kappa shape index (κ1) is 15.3. The van der Waals surface area contributed by atoms with Gasteiger partial charge in [0, 0.05) is 18.2 Å². The van der Waals surface area contributed by atoms with E-state index in [1.54, 1.807) is 12.1 Å². The highest BCUT2D eigenvalue weighted by molar-refractivity contribution is 5.95. The number of hydrogen-bond acceptors (Lipinski definition) is 2. The molecule has 0 aromatic heterocycles. The summed E-state index contributed by atoms with van der Waals surface area (Å²) in [7, 11) is 0. The molecule has 1 aliphatic rings. The molecule has 0 heterocycles. The van der Waals surface area contributed by atoms with Crippen LogP contribution in [-0.4, -0.2) is 23.5 Å². The molecule has 0 radical (unpaired) electrons. The number of hydrogen-bond donors (Lipinski definition) is 2. The molecule has 4 heteroatoms. The SMILES string of the molecule is Cc1ccc(C(=O)NCCC2CCC2)cc1/C=C/C(=O)O. The summed E-state index contributed by atoms with van der Waals surface area (Å²) < 4.78 is 0. The van der Waals surface area contributed by atoms with E-state index in [-0.39, 0.29) is 5.91 Å². The second-order valence-electron chi connectivity index (χ2n) is 5.58. The molecule has 1 aromatic rings. The molecule has 1 saturated carbocycles. The second-order valence-corrected chi connectivity index (χ2v) is 5.58. The Morgan fingerprint density at radius 2 is 2.14 bits per heavy atom. The molecule has 1 aliphatic carbocycles. The third-order valence-electron chi connectivity index (χ3n) is 4.01. The third-order valence-corrected chi connectivity index (χ3v) is 4.01. The van der Waals surface area contributed by atoms with E-state index < -0.39 is 5.97 Å². The van der Waals surface area contributed by atoms with Crippen molar-refractivity contribution in [1.29, 1.82) is 0 Å². The highest BCUT2D eigenvalue weighted by Crippen LogP contribution is 2.28. The van der Waals surface area contributed by atoms with Crippen LogP contribution in [0, 0.1) is 12.8 Å². The number of nitrogens with one attached hydrogen (secondary N) is 1. The highest BCUT2D eigenvalue weighted by atomic mass is 16.4. The van der Waals surface area contributed by atoms with E-state index >= 15 is 0 Å². The van der Waals surface area contributed by atoms with Gasteiger partial charge in [-0.05, 0) is 48.6 Å². The lowest BCUT2D eigenvalue weighted by molar-refractivity contribution is -0.131. The molecule has 0 spiro atoms. The lowest BCUT2D eigenvalue weighted by Crippen LogP contribution is -2.27. The maximum atomic E-state index is 12.1. The molecule has 0 aliphatic heterocycles. The first-order chi connectivity index (χ1) is 10.1. The standard InChI is InChI=1S/C17H21NO3/c1-12-5-6-15(11-14(12)7-8-16(19)20)17(21)18-10-9-13-3-2-4-13/h5-8,11,13H,2-4,9-10H2,1H3,(H,18,21)(H,19,20)/b8-7+. The second kappa shape index (κ2) is 7.07. The topological polar surface area (TPSA) is 66.4 Å². The van der Waals surface area contributed by atoms with Crippen molar-refractivity contribution in [3.8, 4) is 0 Å². The van der Waals surface area contributed by atoms with E-state index in [4.69, 9.17) is 5.11 Å². The van der Waals surface area contributed by atoms with Gasteiger partial charge in [-0.1, -0.05) is 25.3 Å². The minimum Gasteiger partial charge on any atom is -0.478 e. The molecular weight excluding hydrogens is 266 g/mol. The molecule has 0 atom stereocenters. The van der Waals surface area contributed by atoms with Gasteiger partial charge in [-0.3, -0.25) is 4.79 Å². The predicted octanol–water partition coefficient (Wildman–Crippen LogP) is 3.01. The van der Waals surface area contributed by atoms with E-state index in [1.807, 2.05) is 13.0 Å². The van der Waals surface area contributed by atoms with Crippen molar-refractivity contribution in [1.82, 2.24) is 5.32 Å². The number of aryl methyl sites for hydroxylation is 1. The van der Waals surface area contributed by atoms with Crippen LogP contribution in [0.4, 0.5) is 0 Å². The van der Waals surface area contributed by atoms with E-state index in [0.29, 0.717) is 12.1 Å². The summed E-state index contributed by atoms with van der Waals surface area (Å²) in [4.78, 5) is 22.7. The Morgan fingerprint density at radius 1 is 1.38 bits per heavy atom. The number of carboxylic acid groups (broad SMARTS) is 1. The first-order valence-corrected chi connectivity index (χ1v) is 7.36. The highest BCUT2D eigenvalue weighted by Gasteiger charge is 2.17. The molecular formula is C17H21NO3. The number of carbonyl (C=O) groups is 2. The Balaban J connectivity index is 1.96. The third kappa shape index (κ3) is 4.45. The van der Waals surface area contributed by atoms with E-state index in [2.05, 4.69) is 5.32 Å². The van der Waals surface area contributed by atoms with E-state index in [0.717, 1.165) is 29.5 Å². The Kier molecular flexibility index (Phi) is 5.14. The van der Waals surface area contributed by atoms with Crippen LogP contribution in [0.1, 0.15) is 47.2 Å². The number of benzene rings is 1. The quantitative estimate of drug-likeness (QED) is 0.790. The van der Waals surface area contributed by atoms with Gasteiger partial charge >= 0.3 is 5.97 Å². The first-order valence-electron chi connectivity index (χ1n) is 7.36. The van der Waals surface area contributed by atoms with Crippen LogP contribution < -0.4 is 5.32 Å². The molecule has 21 heavy (non-hydrogen) atoms. The number of carboxylic acids is 1. The largest absolute Gasteiger partial charge is 0.478 e. The summed E-state index contributed by atoms with van der Waals surface area (Å²) >= 11 is 0. The van der Waals surface area contributed by atoms with Gasteiger partial charge in [0.1, 0.15) is 0 Å². The molecule has 1 aromatic carbocycles. The summed E-state index contributed by atoms with van der Waals surface area (Å²) in [5.41, 5.74) is 2.27.